The Labute approximate surface area is 134 Å². The minimum absolute atomic E-state index is 0.479. The highest BCUT2D eigenvalue weighted by molar-refractivity contribution is 9.10. The van der Waals surface area contributed by atoms with Crippen LogP contribution in [-0.4, -0.2) is 24.8 Å². The van der Waals surface area contributed by atoms with E-state index in [1.165, 1.54) is 0 Å². The Morgan fingerprint density at radius 3 is 2.45 bits per heavy atom. The molecular formula is C16H10BrN5. The van der Waals surface area contributed by atoms with Gasteiger partial charge in [-0.1, -0.05) is 58.4 Å². The lowest BCUT2D eigenvalue weighted by atomic mass is 10.2. The van der Waals surface area contributed by atoms with Crippen molar-refractivity contribution in [3.63, 3.8) is 0 Å². The summed E-state index contributed by atoms with van der Waals surface area (Å²) in [4.78, 5) is 4.53. The fourth-order valence-corrected chi connectivity index (χ4v) is 2.72. The van der Waals surface area contributed by atoms with Crippen LogP contribution in [0.15, 0.2) is 65.3 Å². The van der Waals surface area contributed by atoms with Crippen LogP contribution in [0.25, 0.3) is 28.4 Å². The summed E-state index contributed by atoms with van der Waals surface area (Å²) in [5.74, 6) is 1.14. The molecule has 0 saturated carbocycles. The molecule has 0 amide bonds. The van der Waals surface area contributed by atoms with Crippen LogP contribution >= 0.6 is 15.9 Å². The number of fused-ring (bicyclic) bond motifs is 1. The first-order chi connectivity index (χ1) is 10.8. The lowest BCUT2D eigenvalue weighted by Crippen LogP contribution is -1.98. The number of hydrogen-bond acceptors (Lipinski definition) is 4. The van der Waals surface area contributed by atoms with Crippen LogP contribution in [0, 0.1) is 0 Å². The van der Waals surface area contributed by atoms with Gasteiger partial charge in [-0.05, 0) is 12.1 Å². The molecule has 0 saturated heterocycles. The molecule has 0 aliphatic carbocycles. The normalized spacial score (nSPS) is 11.0. The summed E-state index contributed by atoms with van der Waals surface area (Å²) in [6.07, 6.45) is 1.73. The molecule has 0 bridgehead atoms. The van der Waals surface area contributed by atoms with Crippen LogP contribution in [0.3, 0.4) is 0 Å². The van der Waals surface area contributed by atoms with E-state index in [4.69, 9.17) is 0 Å². The molecule has 106 valence electrons. The van der Waals surface area contributed by atoms with Crippen molar-refractivity contribution in [2.24, 2.45) is 0 Å². The molecule has 2 heterocycles. The van der Waals surface area contributed by atoms with Crippen LogP contribution in [0.5, 0.6) is 0 Å². The van der Waals surface area contributed by atoms with E-state index in [1.807, 2.05) is 54.6 Å². The van der Waals surface area contributed by atoms with Gasteiger partial charge in [0.25, 0.3) is 5.78 Å². The molecule has 0 radical (unpaired) electrons. The molecule has 2 aromatic heterocycles. The Hall–Kier alpha value is -2.60. The molecule has 0 unspecified atom stereocenters. The minimum atomic E-state index is 0.479. The first kappa shape index (κ1) is 13.1. The van der Waals surface area contributed by atoms with Crippen molar-refractivity contribution in [3.8, 4) is 22.6 Å². The Morgan fingerprint density at radius 2 is 1.64 bits per heavy atom. The van der Waals surface area contributed by atoms with Gasteiger partial charge in [0.2, 0.25) is 0 Å². The van der Waals surface area contributed by atoms with Crippen molar-refractivity contribution >= 4 is 21.7 Å². The average Bonchev–Trinajstić information content (AvgIpc) is 2.99. The highest BCUT2D eigenvalue weighted by Gasteiger charge is 2.13. The molecule has 0 aliphatic heterocycles. The highest BCUT2D eigenvalue weighted by Crippen LogP contribution is 2.26. The van der Waals surface area contributed by atoms with Gasteiger partial charge < -0.3 is 0 Å². The third-order valence-corrected chi connectivity index (χ3v) is 4.02. The molecule has 22 heavy (non-hydrogen) atoms. The molecule has 0 fully saturated rings. The molecule has 6 heteroatoms. The van der Waals surface area contributed by atoms with Gasteiger partial charge >= 0.3 is 0 Å². The van der Waals surface area contributed by atoms with Crippen LogP contribution in [0.2, 0.25) is 0 Å². The zero-order valence-electron chi connectivity index (χ0n) is 11.4. The summed E-state index contributed by atoms with van der Waals surface area (Å²) in [7, 11) is 0. The van der Waals surface area contributed by atoms with Crippen LogP contribution in [0.1, 0.15) is 0 Å². The van der Waals surface area contributed by atoms with Gasteiger partial charge in [0, 0.05) is 15.6 Å². The lowest BCUT2D eigenvalue weighted by Gasteiger charge is -2.03. The van der Waals surface area contributed by atoms with Gasteiger partial charge in [-0.25, -0.2) is 4.98 Å². The van der Waals surface area contributed by atoms with E-state index in [1.54, 1.807) is 10.7 Å². The smallest absolute Gasteiger partial charge is 0.208 e. The number of halogens is 1. The maximum absolute atomic E-state index is 4.53. The second-order valence-electron chi connectivity index (χ2n) is 4.72. The van der Waals surface area contributed by atoms with Crippen molar-refractivity contribution in [1.82, 2.24) is 24.8 Å². The maximum Gasteiger partial charge on any atom is 0.272 e. The predicted octanol–water partition coefficient (Wildman–Crippen LogP) is 3.62. The van der Waals surface area contributed by atoms with E-state index in [-0.39, 0.29) is 0 Å². The second kappa shape index (κ2) is 5.31. The molecule has 0 spiro atoms. The van der Waals surface area contributed by atoms with Crippen molar-refractivity contribution in [3.05, 3.63) is 65.3 Å². The number of nitrogens with zero attached hydrogens (tertiary/aromatic N) is 5. The van der Waals surface area contributed by atoms with Gasteiger partial charge in [-0.3, -0.25) is 0 Å². The summed E-state index contributed by atoms with van der Waals surface area (Å²) >= 11 is 3.53. The maximum atomic E-state index is 4.53. The van der Waals surface area contributed by atoms with Crippen molar-refractivity contribution in [1.29, 1.82) is 0 Å². The van der Waals surface area contributed by atoms with Crippen molar-refractivity contribution in [2.75, 3.05) is 0 Å². The molecule has 4 aromatic rings. The van der Waals surface area contributed by atoms with Gasteiger partial charge in [-0.2, -0.15) is 9.61 Å². The molecule has 0 atom stereocenters. The lowest BCUT2D eigenvalue weighted by molar-refractivity contribution is 0.909. The summed E-state index contributed by atoms with van der Waals surface area (Å²) < 4.78 is 2.59. The Bertz CT molecular complexity index is 949. The van der Waals surface area contributed by atoms with Crippen molar-refractivity contribution in [2.45, 2.75) is 0 Å². The Kier molecular flexibility index (Phi) is 3.16. The van der Waals surface area contributed by atoms with Gasteiger partial charge in [0.1, 0.15) is 0 Å². The fourth-order valence-electron chi connectivity index (χ4n) is 2.26. The molecule has 2 aromatic carbocycles. The highest BCUT2D eigenvalue weighted by atomic mass is 79.9. The van der Waals surface area contributed by atoms with Crippen molar-refractivity contribution < 1.29 is 0 Å². The third kappa shape index (κ3) is 2.17. The second-order valence-corrected chi connectivity index (χ2v) is 5.58. The van der Waals surface area contributed by atoms with Crippen LogP contribution in [0.4, 0.5) is 0 Å². The quantitative estimate of drug-likeness (QED) is 0.553. The summed E-state index contributed by atoms with van der Waals surface area (Å²) in [6, 6.07) is 17.7. The first-order valence-electron chi connectivity index (χ1n) is 6.72. The monoisotopic (exact) mass is 351 g/mol. The summed E-state index contributed by atoms with van der Waals surface area (Å²) in [5, 5.41) is 12.8. The van der Waals surface area contributed by atoms with E-state index < -0.39 is 0 Å². The third-order valence-electron chi connectivity index (χ3n) is 3.32. The Morgan fingerprint density at radius 1 is 0.864 bits per heavy atom. The SMILES string of the molecule is Brc1ccccc1-c1nnc2nc(-c3ccccc3)cnn12. The van der Waals surface area contributed by atoms with E-state index >= 15 is 0 Å². The largest absolute Gasteiger partial charge is 0.272 e. The number of hydrogen-bond donors (Lipinski definition) is 0. The number of benzene rings is 2. The molecule has 4 rings (SSSR count). The van der Waals surface area contributed by atoms with Gasteiger partial charge in [0.15, 0.2) is 5.82 Å². The minimum Gasteiger partial charge on any atom is -0.208 e. The molecular weight excluding hydrogens is 342 g/mol. The average molecular weight is 352 g/mol. The Balaban J connectivity index is 1.87. The van der Waals surface area contributed by atoms with Gasteiger partial charge in [0.05, 0.1) is 11.9 Å². The zero-order valence-corrected chi connectivity index (χ0v) is 13.0. The molecule has 0 aliphatic rings. The summed E-state index contributed by atoms with van der Waals surface area (Å²) in [6.45, 7) is 0. The molecule has 0 N–H and O–H groups in total. The number of rotatable bonds is 2. The van der Waals surface area contributed by atoms with E-state index in [9.17, 15) is 0 Å². The van der Waals surface area contributed by atoms with Crippen LogP contribution in [-0.2, 0) is 0 Å². The fraction of sp³-hybridized carbons (Fsp3) is 0. The van der Waals surface area contributed by atoms with E-state index in [0.29, 0.717) is 11.6 Å². The zero-order chi connectivity index (χ0) is 14.9. The predicted molar refractivity (Wildman–Crippen MR) is 87.1 cm³/mol. The molecule has 5 nitrogen and oxygen atoms in total. The topological polar surface area (TPSA) is 56.0 Å². The first-order valence-corrected chi connectivity index (χ1v) is 7.51. The van der Waals surface area contributed by atoms with E-state index in [0.717, 1.165) is 21.3 Å². The van der Waals surface area contributed by atoms with E-state index in [2.05, 4.69) is 36.2 Å². The standard InChI is InChI=1S/C16H10BrN5/c17-13-9-5-4-8-12(13)15-20-21-16-19-14(10-18-22(15)16)11-6-2-1-3-7-11/h1-10H. The van der Waals surface area contributed by atoms with Gasteiger partial charge in [-0.15, -0.1) is 10.2 Å². The summed E-state index contributed by atoms with van der Waals surface area (Å²) in [5.41, 5.74) is 2.71. The van der Waals surface area contributed by atoms with Crippen LogP contribution < -0.4 is 0 Å². The number of aromatic nitrogens is 5.